The second-order valence-corrected chi connectivity index (χ2v) is 5.74. The minimum absolute atomic E-state index is 0.0952. The van der Waals surface area contributed by atoms with E-state index >= 15 is 0 Å². The van der Waals surface area contributed by atoms with Crippen molar-refractivity contribution in [3.63, 3.8) is 0 Å². The highest BCUT2D eigenvalue weighted by Gasteiger charge is 2.09. The Labute approximate surface area is 127 Å². The molecule has 0 unspecified atom stereocenters. The molecule has 19 heavy (non-hydrogen) atoms. The summed E-state index contributed by atoms with van der Waals surface area (Å²) in [5.74, 6) is -0.465. The fraction of sp³-hybridized carbons (Fsp3) is 0. The second kappa shape index (κ2) is 4.74. The Morgan fingerprint density at radius 1 is 1.21 bits per heavy atom. The summed E-state index contributed by atoms with van der Waals surface area (Å²) in [6.07, 6.45) is 0. The predicted octanol–water partition coefficient (Wildman–Crippen LogP) is 5.24. The van der Waals surface area contributed by atoms with Crippen molar-refractivity contribution in [2.24, 2.45) is 0 Å². The molecule has 0 aliphatic heterocycles. The summed E-state index contributed by atoms with van der Waals surface area (Å²) in [6, 6.07) is 10.4. The molecular weight excluding hydrogens is 351 g/mol. The van der Waals surface area contributed by atoms with Gasteiger partial charge >= 0.3 is 0 Å². The highest BCUT2D eigenvalue weighted by molar-refractivity contribution is 9.10. The number of rotatable bonds is 1. The third-order valence-electron chi connectivity index (χ3n) is 2.81. The molecule has 0 saturated heterocycles. The third kappa shape index (κ3) is 2.22. The van der Waals surface area contributed by atoms with Gasteiger partial charge in [0.25, 0.3) is 0 Å². The molecule has 1 heterocycles. The van der Waals surface area contributed by atoms with Crippen LogP contribution in [0.4, 0.5) is 4.39 Å². The maximum atomic E-state index is 13.6. The van der Waals surface area contributed by atoms with Gasteiger partial charge in [-0.1, -0.05) is 27.5 Å². The molecule has 0 spiro atoms. The van der Waals surface area contributed by atoms with Crippen molar-refractivity contribution >= 4 is 50.8 Å². The first kappa shape index (κ1) is 12.8. The van der Waals surface area contributed by atoms with Crippen LogP contribution >= 0.6 is 39.7 Å². The molecule has 0 saturated carbocycles. The van der Waals surface area contributed by atoms with E-state index in [2.05, 4.69) is 20.9 Å². The van der Waals surface area contributed by atoms with E-state index in [0.717, 1.165) is 15.5 Å². The molecule has 0 fully saturated rings. The zero-order valence-electron chi connectivity index (χ0n) is 9.45. The summed E-state index contributed by atoms with van der Waals surface area (Å²) in [5, 5.41) is 0.0952. The van der Waals surface area contributed by atoms with Crippen LogP contribution in [0.15, 0.2) is 40.9 Å². The molecule has 3 aromatic rings. The largest absolute Gasteiger partial charge is 0.330 e. The first-order valence-electron chi connectivity index (χ1n) is 5.42. The van der Waals surface area contributed by atoms with Crippen molar-refractivity contribution in [3.05, 3.63) is 56.5 Å². The molecule has 0 aliphatic carbocycles. The molecule has 0 atom stereocenters. The van der Waals surface area contributed by atoms with E-state index < -0.39 is 5.82 Å². The minimum Gasteiger partial charge on any atom is -0.330 e. The van der Waals surface area contributed by atoms with Gasteiger partial charge in [-0.05, 0) is 48.6 Å². The molecule has 0 aliphatic rings. The van der Waals surface area contributed by atoms with E-state index in [-0.39, 0.29) is 5.02 Å². The Hall–Kier alpha value is -1.17. The number of hydrogen-bond donors (Lipinski definition) is 1. The van der Waals surface area contributed by atoms with Gasteiger partial charge < -0.3 is 4.98 Å². The number of nitrogens with one attached hydrogen (secondary N) is 1. The van der Waals surface area contributed by atoms with Crippen molar-refractivity contribution in [1.82, 2.24) is 9.55 Å². The normalized spacial score (nSPS) is 11.1. The van der Waals surface area contributed by atoms with Crippen LogP contribution in [-0.4, -0.2) is 9.55 Å². The number of halogens is 3. The van der Waals surface area contributed by atoms with E-state index in [1.54, 1.807) is 10.6 Å². The van der Waals surface area contributed by atoms with Crippen molar-refractivity contribution < 1.29 is 4.39 Å². The Morgan fingerprint density at radius 2 is 2.00 bits per heavy atom. The van der Waals surface area contributed by atoms with E-state index in [1.807, 2.05) is 18.2 Å². The van der Waals surface area contributed by atoms with Crippen molar-refractivity contribution in [1.29, 1.82) is 0 Å². The third-order valence-corrected chi connectivity index (χ3v) is 3.89. The average molecular weight is 358 g/mol. The fourth-order valence-electron chi connectivity index (χ4n) is 1.96. The van der Waals surface area contributed by atoms with Gasteiger partial charge in [0, 0.05) is 4.47 Å². The summed E-state index contributed by atoms with van der Waals surface area (Å²) in [6.45, 7) is 0. The van der Waals surface area contributed by atoms with E-state index in [9.17, 15) is 4.39 Å². The lowest BCUT2D eigenvalue weighted by molar-refractivity contribution is 0.627. The molecule has 1 N–H and O–H groups in total. The smallest absolute Gasteiger partial charge is 0.182 e. The van der Waals surface area contributed by atoms with Crippen LogP contribution in [0, 0.1) is 10.6 Å². The lowest BCUT2D eigenvalue weighted by atomic mass is 10.2. The summed E-state index contributed by atoms with van der Waals surface area (Å²) >= 11 is 14.4. The van der Waals surface area contributed by atoms with Gasteiger partial charge in [0.05, 0.1) is 21.7 Å². The monoisotopic (exact) mass is 356 g/mol. The van der Waals surface area contributed by atoms with Crippen LogP contribution in [0.3, 0.4) is 0 Å². The number of aromatic nitrogens is 2. The van der Waals surface area contributed by atoms with Crippen LogP contribution in [0.1, 0.15) is 0 Å². The number of nitrogens with zero attached hydrogens (tertiary/aromatic N) is 1. The summed E-state index contributed by atoms with van der Waals surface area (Å²) in [5.41, 5.74) is 2.41. The Morgan fingerprint density at radius 3 is 2.74 bits per heavy atom. The predicted molar refractivity (Wildman–Crippen MR) is 81.1 cm³/mol. The van der Waals surface area contributed by atoms with Crippen molar-refractivity contribution in [3.8, 4) is 5.69 Å². The molecule has 0 radical (unpaired) electrons. The van der Waals surface area contributed by atoms with Crippen LogP contribution in [-0.2, 0) is 0 Å². The van der Waals surface area contributed by atoms with Crippen LogP contribution < -0.4 is 0 Å². The van der Waals surface area contributed by atoms with Crippen molar-refractivity contribution in [2.45, 2.75) is 0 Å². The molecule has 2 nitrogen and oxygen atoms in total. The molecule has 96 valence electrons. The van der Waals surface area contributed by atoms with Crippen LogP contribution in [0.5, 0.6) is 0 Å². The molecular formula is C13H7BrClFN2S. The van der Waals surface area contributed by atoms with Crippen LogP contribution in [0.2, 0.25) is 5.02 Å². The number of aromatic amines is 1. The quantitative estimate of drug-likeness (QED) is 0.590. The number of H-pyrrole nitrogens is 1. The molecule has 3 rings (SSSR count). The maximum absolute atomic E-state index is 13.6. The molecule has 6 heteroatoms. The summed E-state index contributed by atoms with van der Waals surface area (Å²) in [4.78, 5) is 3.09. The zero-order valence-corrected chi connectivity index (χ0v) is 12.6. The average Bonchev–Trinajstić information content (AvgIpc) is 2.68. The first-order valence-corrected chi connectivity index (χ1v) is 7.00. The number of hydrogen-bond acceptors (Lipinski definition) is 1. The molecule has 1 aromatic heterocycles. The summed E-state index contributed by atoms with van der Waals surface area (Å²) < 4.78 is 16.8. The standard InChI is InChI=1S/C13H7BrClFN2S/c14-7-1-4-12-11(5-7)17-13(19)18(12)8-2-3-9(15)10(16)6-8/h1-6H,(H,17,19). The Bertz CT molecular complexity index is 840. The topological polar surface area (TPSA) is 20.7 Å². The second-order valence-electron chi connectivity index (χ2n) is 4.03. The SMILES string of the molecule is Fc1cc(-n2c(=S)[nH]c3cc(Br)ccc32)ccc1Cl. The highest BCUT2D eigenvalue weighted by Crippen LogP contribution is 2.25. The van der Waals surface area contributed by atoms with Gasteiger partial charge in [-0.25, -0.2) is 4.39 Å². The number of imidazole rings is 1. The highest BCUT2D eigenvalue weighted by atomic mass is 79.9. The maximum Gasteiger partial charge on any atom is 0.182 e. The zero-order chi connectivity index (χ0) is 13.6. The van der Waals surface area contributed by atoms with E-state index in [4.69, 9.17) is 23.8 Å². The lowest BCUT2D eigenvalue weighted by Gasteiger charge is -2.05. The van der Waals surface area contributed by atoms with Crippen molar-refractivity contribution in [2.75, 3.05) is 0 Å². The molecule has 0 amide bonds. The Kier molecular flexibility index (Phi) is 3.20. The van der Waals surface area contributed by atoms with Gasteiger partial charge in [0.15, 0.2) is 4.77 Å². The fourth-order valence-corrected chi connectivity index (χ4v) is 2.76. The van der Waals surface area contributed by atoms with E-state index in [1.165, 1.54) is 12.1 Å². The van der Waals surface area contributed by atoms with Gasteiger partial charge in [-0.15, -0.1) is 0 Å². The number of benzene rings is 2. The Balaban J connectivity index is 2.32. The summed E-state index contributed by atoms with van der Waals surface area (Å²) in [7, 11) is 0. The van der Waals surface area contributed by atoms with E-state index in [0.29, 0.717) is 10.5 Å². The molecule has 0 bridgehead atoms. The lowest BCUT2D eigenvalue weighted by Crippen LogP contribution is -1.94. The first-order chi connectivity index (χ1) is 9.06. The minimum atomic E-state index is -0.465. The van der Waals surface area contributed by atoms with Gasteiger partial charge in [-0.3, -0.25) is 4.57 Å². The van der Waals surface area contributed by atoms with Gasteiger partial charge in [0.1, 0.15) is 5.82 Å². The molecule has 2 aromatic carbocycles. The number of fused-ring (bicyclic) bond motifs is 1. The van der Waals surface area contributed by atoms with Gasteiger partial charge in [0.2, 0.25) is 0 Å². The van der Waals surface area contributed by atoms with Crippen LogP contribution in [0.25, 0.3) is 16.7 Å². The van der Waals surface area contributed by atoms with Gasteiger partial charge in [-0.2, -0.15) is 0 Å².